The van der Waals surface area contributed by atoms with Crippen molar-refractivity contribution in [2.45, 2.75) is 18.7 Å². The zero-order valence-electron chi connectivity index (χ0n) is 14.2. The largest absolute Gasteiger partial charge is 0.467 e. The van der Waals surface area contributed by atoms with Crippen LogP contribution in [-0.2, 0) is 14.8 Å². The molecule has 0 aromatic carbocycles. The van der Waals surface area contributed by atoms with Crippen LogP contribution in [0.4, 0.5) is 10.7 Å². The van der Waals surface area contributed by atoms with E-state index in [-0.39, 0.29) is 27.6 Å². The molecule has 2 heterocycles. The van der Waals surface area contributed by atoms with Gasteiger partial charge in [-0.25, -0.2) is 22.7 Å². The Bertz CT molecular complexity index is 956. The number of hydrogen-bond donors (Lipinski definition) is 2. The van der Waals surface area contributed by atoms with E-state index in [9.17, 15) is 18.0 Å². The van der Waals surface area contributed by atoms with Gasteiger partial charge in [-0.15, -0.1) is 11.3 Å². The topological polar surface area (TPSA) is 149 Å². The van der Waals surface area contributed by atoms with Crippen LogP contribution in [-0.4, -0.2) is 49.6 Å². The summed E-state index contributed by atoms with van der Waals surface area (Å²) in [6.45, 7) is 3.04. The highest BCUT2D eigenvalue weighted by atomic mass is 32.2. The van der Waals surface area contributed by atoms with Crippen LogP contribution in [0.5, 0.6) is 6.01 Å². The second-order valence-corrected chi connectivity index (χ2v) is 7.32. The van der Waals surface area contributed by atoms with Crippen molar-refractivity contribution < 1.29 is 27.5 Å². The number of esters is 1. The molecule has 2 rings (SSSR count). The van der Waals surface area contributed by atoms with Gasteiger partial charge in [-0.05, 0) is 24.8 Å². The maximum Gasteiger partial charge on any atom is 0.349 e. The lowest BCUT2D eigenvalue weighted by molar-refractivity contribution is 0.0602. The molecule has 0 radical (unpaired) electrons. The van der Waals surface area contributed by atoms with E-state index in [1.165, 1.54) is 19.4 Å². The number of carbonyl (C=O) groups is 2. The van der Waals surface area contributed by atoms with Crippen LogP contribution < -0.4 is 14.8 Å². The molecular formula is C13H15N5O6S2. The van der Waals surface area contributed by atoms with Crippen molar-refractivity contribution in [2.24, 2.45) is 0 Å². The molecule has 140 valence electrons. The molecule has 0 atom stereocenters. The molecule has 0 saturated carbocycles. The minimum atomic E-state index is -4.33. The Morgan fingerprint density at radius 3 is 2.46 bits per heavy atom. The summed E-state index contributed by atoms with van der Waals surface area (Å²) in [7, 11) is -1.87. The number of sulfonamides is 1. The van der Waals surface area contributed by atoms with Crippen molar-refractivity contribution in [3.63, 3.8) is 0 Å². The zero-order chi connectivity index (χ0) is 19.5. The van der Waals surface area contributed by atoms with Gasteiger partial charge in [0.1, 0.15) is 15.6 Å². The van der Waals surface area contributed by atoms with E-state index in [0.717, 1.165) is 18.4 Å². The van der Waals surface area contributed by atoms with Crippen LogP contribution in [0.2, 0.25) is 0 Å². The third-order valence-corrected chi connectivity index (χ3v) is 5.64. The Morgan fingerprint density at radius 1 is 1.15 bits per heavy atom. The van der Waals surface area contributed by atoms with Gasteiger partial charge in [0.05, 0.1) is 14.2 Å². The van der Waals surface area contributed by atoms with Crippen molar-refractivity contribution >= 4 is 39.3 Å². The number of carbonyl (C=O) groups excluding carboxylic acids is 2. The maximum atomic E-state index is 12.5. The normalized spacial score (nSPS) is 10.9. The Labute approximate surface area is 152 Å². The number of anilines is 1. The molecule has 0 unspecified atom stereocenters. The van der Waals surface area contributed by atoms with E-state index in [1.807, 2.05) is 0 Å². The summed E-state index contributed by atoms with van der Waals surface area (Å²) in [6.07, 6.45) is 0. The Balaban J connectivity index is 2.25. The summed E-state index contributed by atoms with van der Waals surface area (Å²) < 4.78 is 36.2. The first-order chi connectivity index (χ1) is 12.2. The molecule has 0 bridgehead atoms. The van der Waals surface area contributed by atoms with Gasteiger partial charge in [0.2, 0.25) is 5.95 Å². The fourth-order valence-electron chi connectivity index (χ4n) is 1.91. The molecular weight excluding hydrogens is 386 g/mol. The summed E-state index contributed by atoms with van der Waals surface area (Å²) in [5.74, 6) is -0.754. The molecule has 2 N–H and O–H groups in total. The van der Waals surface area contributed by atoms with E-state index in [2.05, 4.69) is 25.0 Å². The van der Waals surface area contributed by atoms with Crippen molar-refractivity contribution in [3.8, 4) is 6.01 Å². The van der Waals surface area contributed by atoms with Crippen LogP contribution in [0.3, 0.4) is 0 Å². The number of amides is 2. The minimum Gasteiger partial charge on any atom is -0.467 e. The minimum absolute atomic E-state index is 0.0442. The lowest BCUT2D eigenvalue weighted by Gasteiger charge is -2.09. The van der Waals surface area contributed by atoms with Gasteiger partial charge in [-0.1, -0.05) is 0 Å². The van der Waals surface area contributed by atoms with Crippen molar-refractivity contribution in [1.82, 2.24) is 19.7 Å². The molecule has 0 fully saturated rings. The van der Waals surface area contributed by atoms with Gasteiger partial charge in [0.15, 0.2) is 0 Å². The molecule has 2 aromatic rings. The van der Waals surface area contributed by atoms with Crippen molar-refractivity contribution in [1.29, 1.82) is 0 Å². The van der Waals surface area contributed by atoms with Gasteiger partial charge in [0.25, 0.3) is 10.0 Å². The number of aromatic nitrogens is 3. The van der Waals surface area contributed by atoms with Crippen LogP contribution >= 0.6 is 11.3 Å². The highest BCUT2D eigenvalue weighted by Crippen LogP contribution is 2.27. The summed E-state index contributed by atoms with van der Waals surface area (Å²) in [5, 5.41) is 3.64. The van der Waals surface area contributed by atoms with Crippen LogP contribution in [0.15, 0.2) is 10.3 Å². The van der Waals surface area contributed by atoms with Gasteiger partial charge >= 0.3 is 18.0 Å². The highest BCUT2D eigenvalue weighted by Gasteiger charge is 2.29. The number of hydrogen-bond acceptors (Lipinski definition) is 10. The second-order valence-electron chi connectivity index (χ2n) is 4.82. The first-order valence-electron chi connectivity index (χ1n) is 6.94. The number of methoxy groups -OCH3 is 2. The van der Waals surface area contributed by atoms with Crippen LogP contribution in [0.25, 0.3) is 0 Å². The number of thiophene rings is 1. The van der Waals surface area contributed by atoms with E-state index in [4.69, 9.17) is 4.74 Å². The van der Waals surface area contributed by atoms with E-state index < -0.39 is 22.0 Å². The quantitative estimate of drug-likeness (QED) is 0.695. The molecule has 0 aliphatic carbocycles. The first-order valence-corrected chi connectivity index (χ1v) is 9.31. The predicted molar refractivity (Wildman–Crippen MR) is 90.9 cm³/mol. The Hall–Kier alpha value is -2.80. The summed E-state index contributed by atoms with van der Waals surface area (Å²) in [6, 6.07) is -1.16. The molecule has 2 aromatic heterocycles. The summed E-state index contributed by atoms with van der Waals surface area (Å²) in [4.78, 5) is 34.8. The molecule has 0 aliphatic rings. The third-order valence-electron chi connectivity index (χ3n) is 2.92. The highest BCUT2D eigenvalue weighted by molar-refractivity contribution is 7.90. The molecule has 26 heavy (non-hydrogen) atoms. The fraction of sp³-hybridized carbons (Fsp3) is 0.308. The number of nitrogens with one attached hydrogen (secondary N) is 2. The van der Waals surface area contributed by atoms with Gasteiger partial charge < -0.3 is 9.47 Å². The molecule has 2 amide bonds. The average molecular weight is 401 g/mol. The SMILES string of the molecule is COC(=O)c1scc(C)c1S(=O)(=O)NC(=O)Nc1nc(C)nc(OC)n1. The van der Waals surface area contributed by atoms with Crippen molar-refractivity contribution in [2.75, 3.05) is 19.5 Å². The lowest BCUT2D eigenvalue weighted by Crippen LogP contribution is -2.35. The second kappa shape index (κ2) is 7.61. The Morgan fingerprint density at radius 2 is 1.85 bits per heavy atom. The molecule has 0 spiro atoms. The van der Waals surface area contributed by atoms with Gasteiger partial charge in [-0.3, -0.25) is 5.32 Å². The monoisotopic (exact) mass is 401 g/mol. The number of ether oxygens (including phenoxy) is 2. The first kappa shape index (κ1) is 19.5. The number of nitrogens with zero attached hydrogens (tertiary/aromatic N) is 3. The standard InChI is InChI=1S/C13H15N5O6S2/c1-6-5-25-8(10(19)23-3)9(6)26(21,22)18-12(20)16-11-14-7(2)15-13(17-11)24-4/h5H,1-4H3,(H2,14,15,16,17,18,20). The molecule has 0 saturated heterocycles. The van der Waals surface area contributed by atoms with Gasteiger partial charge in [-0.2, -0.15) is 15.0 Å². The third kappa shape index (κ3) is 4.23. The van der Waals surface area contributed by atoms with Crippen molar-refractivity contribution in [3.05, 3.63) is 21.6 Å². The van der Waals surface area contributed by atoms with E-state index in [0.29, 0.717) is 5.56 Å². The zero-order valence-corrected chi connectivity index (χ0v) is 15.8. The number of urea groups is 1. The molecule has 13 heteroatoms. The van der Waals surface area contributed by atoms with Crippen LogP contribution in [0.1, 0.15) is 21.1 Å². The lowest BCUT2D eigenvalue weighted by atomic mass is 10.3. The average Bonchev–Trinajstić information content (AvgIpc) is 2.95. The molecule has 0 aliphatic heterocycles. The smallest absolute Gasteiger partial charge is 0.349 e. The number of aryl methyl sites for hydroxylation is 2. The van der Waals surface area contributed by atoms with E-state index in [1.54, 1.807) is 11.6 Å². The number of rotatable bonds is 5. The maximum absolute atomic E-state index is 12.5. The van der Waals surface area contributed by atoms with Crippen LogP contribution in [0, 0.1) is 13.8 Å². The van der Waals surface area contributed by atoms with Gasteiger partial charge in [0, 0.05) is 0 Å². The predicted octanol–water partition coefficient (Wildman–Crippen LogP) is 0.856. The summed E-state index contributed by atoms with van der Waals surface area (Å²) >= 11 is 0.899. The fourth-order valence-corrected chi connectivity index (χ4v) is 4.52. The van der Waals surface area contributed by atoms with E-state index >= 15 is 0 Å². The summed E-state index contributed by atoms with van der Waals surface area (Å²) in [5.41, 5.74) is 0.299. The molecule has 11 nitrogen and oxygen atoms in total. The Kier molecular flexibility index (Phi) is 5.72.